The maximum atomic E-state index is 10.5. The molecule has 0 radical (unpaired) electrons. The number of carbonyl (C=O) groups is 1. The summed E-state index contributed by atoms with van der Waals surface area (Å²) in [6, 6.07) is 0. The van der Waals surface area contributed by atoms with Gasteiger partial charge in [-0.05, 0) is 0 Å². The van der Waals surface area contributed by atoms with Crippen molar-refractivity contribution in [2.24, 2.45) is 0 Å². The number of nitrogens with one attached hydrogen (secondary N) is 1. The second kappa shape index (κ2) is 5.46. The van der Waals surface area contributed by atoms with Crippen LogP contribution in [0.5, 0.6) is 0 Å². The number of hydrogen-bond donors (Lipinski definition) is 1. The van der Waals surface area contributed by atoms with Gasteiger partial charge in [0.1, 0.15) is 0 Å². The Bertz CT molecular complexity index is 128. The molecule has 1 N–H and O–H groups in total. The lowest BCUT2D eigenvalue weighted by atomic mass is 10.4. The number of rotatable bonds is 3. The molecule has 0 rings (SSSR count). The highest BCUT2D eigenvalue weighted by Gasteiger charge is 1.94. The van der Waals surface area contributed by atoms with Crippen LogP contribution in [0, 0.1) is 12.3 Å². The fourth-order valence-electron chi connectivity index (χ4n) is 0.324. The SMILES string of the molecule is C#CCNC(=O)CCCl. The molecule has 0 aliphatic rings. The third kappa shape index (κ3) is 5.19. The maximum Gasteiger partial charge on any atom is 0.221 e. The van der Waals surface area contributed by atoms with Crippen molar-refractivity contribution in [3.63, 3.8) is 0 Å². The van der Waals surface area contributed by atoms with Gasteiger partial charge in [-0.15, -0.1) is 18.0 Å². The zero-order valence-electron chi connectivity index (χ0n) is 4.98. The van der Waals surface area contributed by atoms with Crippen LogP contribution in [0.2, 0.25) is 0 Å². The summed E-state index contributed by atoms with van der Waals surface area (Å²) in [5, 5.41) is 2.47. The van der Waals surface area contributed by atoms with Crippen LogP contribution in [-0.4, -0.2) is 18.3 Å². The Balaban J connectivity index is 3.19. The molecule has 0 heterocycles. The van der Waals surface area contributed by atoms with Gasteiger partial charge in [-0.25, -0.2) is 0 Å². The summed E-state index contributed by atoms with van der Waals surface area (Å²) in [7, 11) is 0. The highest BCUT2D eigenvalue weighted by atomic mass is 35.5. The second-order valence-electron chi connectivity index (χ2n) is 1.42. The minimum atomic E-state index is -0.0945. The summed E-state index contributed by atoms with van der Waals surface area (Å²) in [6.07, 6.45) is 5.21. The highest BCUT2D eigenvalue weighted by molar-refractivity contribution is 6.18. The Labute approximate surface area is 59.6 Å². The van der Waals surface area contributed by atoms with E-state index in [4.69, 9.17) is 18.0 Å². The van der Waals surface area contributed by atoms with E-state index in [1.54, 1.807) is 0 Å². The lowest BCUT2D eigenvalue weighted by Gasteiger charge is -1.95. The second-order valence-corrected chi connectivity index (χ2v) is 1.80. The van der Waals surface area contributed by atoms with E-state index in [0.29, 0.717) is 12.3 Å². The number of alkyl halides is 1. The van der Waals surface area contributed by atoms with E-state index < -0.39 is 0 Å². The fourth-order valence-corrected chi connectivity index (χ4v) is 0.495. The van der Waals surface area contributed by atoms with Crippen LogP contribution >= 0.6 is 11.6 Å². The van der Waals surface area contributed by atoms with E-state index in [2.05, 4.69) is 11.2 Å². The van der Waals surface area contributed by atoms with Crippen molar-refractivity contribution in [1.82, 2.24) is 5.32 Å². The Morgan fingerprint density at radius 3 is 2.89 bits per heavy atom. The Morgan fingerprint density at radius 1 is 1.78 bits per heavy atom. The number of terminal acetylenes is 1. The maximum absolute atomic E-state index is 10.5. The van der Waals surface area contributed by atoms with Crippen molar-refractivity contribution < 1.29 is 4.79 Å². The van der Waals surface area contributed by atoms with Gasteiger partial charge in [-0.1, -0.05) is 5.92 Å². The zero-order chi connectivity index (χ0) is 7.11. The van der Waals surface area contributed by atoms with Gasteiger partial charge in [0.25, 0.3) is 0 Å². The third-order valence-corrected chi connectivity index (χ3v) is 0.898. The van der Waals surface area contributed by atoms with Crippen LogP contribution in [0.15, 0.2) is 0 Å². The molecule has 0 aliphatic heterocycles. The average molecular weight is 146 g/mol. The quantitative estimate of drug-likeness (QED) is 0.451. The molecular weight excluding hydrogens is 138 g/mol. The van der Waals surface area contributed by atoms with Gasteiger partial charge in [0, 0.05) is 12.3 Å². The van der Waals surface area contributed by atoms with Gasteiger partial charge in [0.2, 0.25) is 5.91 Å². The molecule has 9 heavy (non-hydrogen) atoms. The summed E-state index contributed by atoms with van der Waals surface area (Å²) in [4.78, 5) is 10.5. The van der Waals surface area contributed by atoms with Crippen LogP contribution < -0.4 is 5.32 Å². The number of carbonyl (C=O) groups excluding carboxylic acids is 1. The summed E-state index contributed by atoms with van der Waals surface area (Å²) in [6.45, 7) is 0.287. The largest absolute Gasteiger partial charge is 0.345 e. The highest BCUT2D eigenvalue weighted by Crippen LogP contribution is 1.82. The molecule has 0 bridgehead atoms. The van der Waals surface area contributed by atoms with Crippen LogP contribution in [0.1, 0.15) is 6.42 Å². The van der Waals surface area contributed by atoms with Gasteiger partial charge >= 0.3 is 0 Å². The predicted molar refractivity (Wildman–Crippen MR) is 37.2 cm³/mol. The molecule has 3 heteroatoms. The van der Waals surface area contributed by atoms with Gasteiger partial charge in [-0.2, -0.15) is 0 Å². The van der Waals surface area contributed by atoms with Crippen molar-refractivity contribution in [2.75, 3.05) is 12.4 Å². The Hall–Kier alpha value is -0.680. The van der Waals surface area contributed by atoms with Crippen molar-refractivity contribution >= 4 is 17.5 Å². The van der Waals surface area contributed by atoms with E-state index in [9.17, 15) is 4.79 Å². The molecule has 0 atom stereocenters. The summed E-state index contributed by atoms with van der Waals surface area (Å²) in [5.74, 6) is 2.53. The number of halogens is 1. The van der Waals surface area contributed by atoms with E-state index in [-0.39, 0.29) is 12.5 Å². The van der Waals surface area contributed by atoms with Gasteiger partial charge in [0.05, 0.1) is 6.54 Å². The Morgan fingerprint density at radius 2 is 2.44 bits per heavy atom. The topological polar surface area (TPSA) is 29.1 Å². The predicted octanol–water partition coefficient (Wildman–Crippen LogP) is 0.365. The van der Waals surface area contributed by atoms with E-state index in [1.807, 2.05) is 0 Å². The average Bonchev–Trinajstić information content (AvgIpc) is 1.85. The van der Waals surface area contributed by atoms with Crippen molar-refractivity contribution in [1.29, 1.82) is 0 Å². The van der Waals surface area contributed by atoms with Crippen LogP contribution in [0.25, 0.3) is 0 Å². The molecule has 0 saturated heterocycles. The molecule has 50 valence electrons. The molecule has 0 aromatic carbocycles. The molecule has 0 fully saturated rings. The van der Waals surface area contributed by atoms with Crippen LogP contribution in [0.3, 0.4) is 0 Å². The van der Waals surface area contributed by atoms with Crippen LogP contribution in [0.4, 0.5) is 0 Å². The van der Waals surface area contributed by atoms with Crippen molar-refractivity contribution in [3.8, 4) is 12.3 Å². The Kier molecular flexibility index (Phi) is 5.04. The first-order valence-corrected chi connectivity index (χ1v) is 3.11. The van der Waals surface area contributed by atoms with E-state index >= 15 is 0 Å². The van der Waals surface area contributed by atoms with E-state index in [0.717, 1.165) is 0 Å². The normalized spacial score (nSPS) is 8.00. The summed E-state index contributed by atoms with van der Waals surface area (Å²) < 4.78 is 0. The first-order valence-electron chi connectivity index (χ1n) is 2.57. The molecule has 0 aliphatic carbocycles. The number of amides is 1. The lowest BCUT2D eigenvalue weighted by molar-refractivity contribution is -0.120. The fraction of sp³-hybridized carbons (Fsp3) is 0.500. The monoisotopic (exact) mass is 145 g/mol. The molecule has 2 nitrogen and oxygen atoms in total. The van der Waals surface area contributed by atoms with E-state index in [1.165, 1.54) is 0 Å². The molecular formula is C6H8ClNO. The van der Waals surface area contributed by atoms with Gasteiger partial charge in [0.15, 0.2) is 0 Å². The van der Waals surface area contributed by atoms with Crippen molar-refractivity contribution in [2.45, 2.75) is 6.42 Å². The van der Waals surface area contributed by atoms with Crippen LogP contribution in [-0.2, 0) is 4.79 Å². The van der Waals surface area contributed by atoms with Gasteiger partial charge < -0.3 is 5.32 Å². The molecule has 1 amide bonds. The first kappa shape index (κ1) is 8.32. The summed E-state index contributed by atoms with van der Waals surface area (Å²) in [5.41, 5.74) is 0. The first-order chi connectivity index (χ1) is 4.31. The molecule has 0 spiro atoms. The molecule has 0 aromatic rings. The molecule has 0 aromatic heterocycles. The van der Waals surface area contributed by atoms with Gasteiger partial charge in [-0.3, -0.25) is 4.79 Å². The third-order valence-electron chi connectivity index (χ3n) is 0.709. The molecule has 0 saturated carbocycles. The number of hydrogen-bond acceptors (Lipinski definition) is 1. The minimum Gasteiger partial charge on any atom is -0.345 e. The molecule has 0 unspecified atom stereocenters. The smallest absolute Gasteiger partial charge is 0.221 e. The summed E-state index contributed by atoms with van der Waals surface area (Å²) >= 11 is 5.26. The standard InChI is InChI=1S/C6H8ClNO/c1-2-5-8-6(9)3-4-7/h1H,3-5H2,(H,8,9). The zero-order valence-corrected chi connectivity index (χ0v) is 5.74. The minimum absolute atomic E-state index is 0.0945. The van der Waals surface area contributed by atoms with Crippen molar-refractivity contribution in [3.05, 3.63) is 0 Å². The lowest BCUT2D eigenvalue weighted by Crippen LogP contribution is -2.23.